The van der Waals surface area contributed by atoms with Crippen LogP contribution in [0.4, 0.5) is 0 Å². The van der Waals surface area contributed by atoms with Crippen molar-refractivity contribution in [2.75, 3.05) is 0 Å². The Morgan fingerprint density at radius 2 is 2.17 bits per heavy atom. The zero-order valence-corrected chi connectivity index (χ0v) is 17.5. The minimum atomic E-state index is -0.673. The highest BCUT2D eigenvalue weighted by atomic mass is 32.1. The van der Waals surface area contributed by atoms with E-state index in [1.165, 1.54) is 16.2 Å². The van der Waals surface area contributed by atoms with Crippen LogP contribution in [0.15, 0.2) is 29.8 Å². The van der Waals surface area contributed by atoms with Crippen LogP contribution in [0.3, 0.4) is 0 Å². The largest absolute Gasteiger partial charge is 0.340 e. The maximum absolute atomic E-state index is 12.9. The number of thiazole rings is 1. The first kappa shape index (κ1) is 20.2. The van der Waals surface area contributed by atoms with Crippen LogP contribution in [-0.2, 0) is 21.7 Å². The first-order chi connectivity index (χ1) is 14.3. The molecule has 0 aliphatic carbocycles. The van der Waals surface area contributed by atoms with Crippen LogP contribution in [0.5, 0.6) is 0 Å². The van der Waals surface area contributed by atoms with Gasteiger partial charge in [-0.15, -0.1) is 11.3 Å². The third kappa shape index (κ3) is 3.49. The molecule has 1 saturated heterocycles. The molecule has 2 aliphatic heterocycles. The van der Waals surface area contributed by atoms with E-state index in [1.54, 1.807) is 24.4 Å². The molecule has 4 rings (SSSR count). The van der Waals surface area contributed by atoms with E-state index >= 15 is 0 Å². The summed E-state index contributed by atoms with van der Waals surface area (Å²) in [7, 11) is 0. The number of nitrogens with one attached hydrogen (secondary N) is 2. The van der Waals surface area contributed by atoms with Gasteiger partial charge in [0.25, 0.3) is 11.8 Å². The zero-order chi connectivity index (χ0) is 21.5. The minimum absolute atomic E-state index is 0.205. The number of amides is 4. The molecule has 8 nitrogen and oxygen atoms in total. The van der Waals surface area contributed by atoms with Gasteiger partial charge in [-0.25, -0.2) is 4.98 Å². The lowest BCUT2D eigenvalue weighted by atomic mass is 9.98. The van der Waals surface area contributed by atoms with Crippen LogP contribution in [0.1, 0.15) is 64.4 Å². The summed E-state index contributed by atoms with van der Waals surface area (Å²) in [6.07, 6.45) is 2.88. The Morgan fingerprint density at radius 3 is 2.83 bits per heavy atom. The van der Waals surface area contributed by atoms with E-state index in [-0.39, 0.29) is 30.7 Å². The minimum Gasteiger partial charge on any atom is -0.340 e. The van der Waals surface area contributed by atoms with Gasteiger partial charge in [0.1, 0.15) is 11.0 Å². The molecule has 2 atom stereocenters. The Balaban J connectivity index is 1.54. The number of fused-ring (bicyclic) bond motifs is 1. The molecule has 9 heteroatoms. The molecular formula is C21H22N4O4S. The lowest BCUT2D eigenvalue weighted by Gasteiger charge is -2.29. The van der Waals surface area contributed by atoms with Crippen LogP contribution in [0.2, 0.25) is 0 Å². The zero-order valence-electron chi connectivity index (χ0n) is 16.7. The predicted molar refractivity (Wildman–Crippen MR) is 110 cm³/mol. The SMILES string of the molecule is CCC(C)(NC(=O)c1ccc2c(c1)C(=O)N(C1CCC(=O)NC1=O)C2)c1nccs1. The predicted octanol–water partition coefficient (Wildman–Crippen LogP) is 1.96. The Bertz CT molecular complexity index is 1040. The van der Waals surface area contributed by atoms with E-state index in [0.29, 0.717) is 24.0 Å². The van der Waals surface area contributed by atoms with Gasteiger partial charge in [-0.2, -0.15) is 0 Å². The number of aromatic nitrogens is 1. The number of carbonyl (C=O) groups excluding carboxylic acids is 4. The molecule has 0 radical (unpaired) electrons. The third-order valence-electron chi connectivity index (χ3n) is 5.79. The fourth-order valence-corrected chi connectivity index (χ4v) is 4.64. The van der Waals surface area contributed by atoms with Gasteiger partial charge in [0, 0.05) is 35.7 Å². The monoisotopic (exact) mass is 426 g/mol. The number of carbonyl (C=O) groups is 4. The highest BCUT2D eigenvalue weighted by Crippen LogP contribution is 2.30. The van der Waals surface area contributed by atoms with E-state index in [4.69, 9.17) is 0 Å². The summed E-state index contributed by atoms with van der Waals surface area (Å²) in [6, 6.07) is 4.35. The number of hydrogen-bond donors (Lipinski definition) is 2. The van der Waals surface area contributed by atoms with Gasteiger partial charge in [0.2, 0.25) is 11.8 Å². The molecule has 2 N–H and O–H groups in total. The molecule has 0 spiro atoms. The molecule has 1 aromatic heterocycles. The molecule has 30 heavy (non-hydrogen) atoms. The maximum Gasteiger partial charge on any atom is 0.255 e. The summed E-state index contributed by atoms with van der Waals surface area (Å²) in [4.78, 5) is 55.2. The van der Waals surface area contributed by atoms with Crippen LogP contribution in [-0.4, -0.2) is 39.6 Å². The standard InChI is InChI=1S/C21H22N4O4S/c1-3-21(2,20-22-8-9-30-20)24-17(27)12-4-5-13-11-25(19(29)14(13)10-12)15-6-7-16(26)23-18(15)28/h4-5,8-10,15H,3,6-7,11H2,1-2H3,(H,24,27)(H,23,26,28). The summed E-state index contributed by atoms with van der Waals surface area (Å²) >= 11 is 1.48. The number of piperidine rings is 1. The molecule has 156 valence electrons. The fourth-order valence-electron chi connectivity index (χ4n) is 3.81. The quantitative estimate of drug-likeness (QED) is 0.711. The molecule has 2 aliphatic rings. The lowest BCUT2D eigenvalue weighted by molar-refractivity contribution is -0.136. The molecule has 0 bridgehead atoms. The van der Waals surface area contributed by atoms with Crippen molar-refractivity contribution in [1.29, 1.82) is 0 Å². The highest BCUT2D eigenvalue weighted by Gasteiger charge is 2.39. The summed E-state index contributed by atoms with van der Waals surface area (Å²) < 4.78 is 0. The van der Waals surface area contributed by atoms with Gasteiger partial charge in [-0.3, -0.25) is 24.5 Å². The number of nitrogens with zero attached hydrogens (tertiary/aromatic N) is 2. The van der Waals surface area contributed by atoms with Crippen molar-refractivity contribution in [1.82, 2.24) is 20.5 Å². The van der Waals surface area contributed by atoms with Crippen molar-refractivity contribution in [2.45, 2.75) is 51.2 Å². The highest BCUT2D eigenvalue weighted by molar-refractivity contribution is 7.09. The van der Waals surface area contributed by atoms with Crippen LogP contribution in [0, 0.1) is 0 Å². The lowest BCUT2D eigenvalue weighted by Crippen LogP contribution is -2.52. The smallest absolute Gasteiger partial charge is 0.255 e. The van der Waals surface area contributed by atoms with E-state index in [2.05, 4.69) is 15.6 Å². The van der Waals surface area contributed by atoms with Gasteiger partial charge in [-0.05, 0) is 37.5 Å². The average molecular weight is 426 g/mol. The van der Waals surface area contributed by atoms with Crippen LogP contribution < -0.4 is 10.6 Å². The Morgan fingerprint density at radius 1 is 1.37 bits per heavy atom. The van der Waals surface area contributed by atoms with Crippen molar-refractivity contribution in [3.63, 3.8) is 0 Å². The van der Waals surface area contributed by atoms with Crippen LogP contribution in [0.25, 0.3) is 0 Å². The Labute approximate surface area is 177 Å². The molecule has 3 heterocycles. The number of rotatable bonds is 5. The number of benzene rings is 1. The van der Waals surface area contributed by atoms with Crippen molar-refractivity contribution in [3.05, 3.63) is 51.5 Å². The van der Waals surface area contributed by atoms with Crippen LogP contribution >= 0.6 is 11.3 Å². The summed E-state index contributed by atoms with van der Waals surface area (Å²) in [5.41, 5.74) is 0.954. The average Bonchev–Trinajstić information content (AvgIpc) is 3.37. The van der Waals surface area contributed by atoms with E-state index < -0.39 is 17.5 Å². The third-order valence-corrected chi connectivity index (χ3v) is 6.83. The van der Waals surface area contributed by atoms with Crippen molar-refractivity contribution < 1.29 is 19.2 Å². The van der Waals surface area contributed by atoms with E-state index in [1.807, 2.05) is 19.2 Å². The van der Waals surface area contributed by atoms with Crippen molar-refractivity contribution in [3.8, 4) is 0 Å². The first-order valence-electron chi connectivity index (χ1n) is 9.82. The van der Waals surface area contributed by atoms with Crippen molar-refractivity contribution in [2.24, 2.45) is 0 Å². The molecule has 1 fully saturated rings. The molecule has 2 aromatic rings. The fraction of sp³-hybridized carbons (Fsp3) is 0.381. The Kier molecular flexibility index (Phi) is 5.15. The van der Waals surface area contributed by atoms with Gasteiger partial charge in [0.15, 0.2) is 0 Å². The molecule has 4 amide bonds. The summed E-state index contributed by atoms with van der Waals surface area (Å²) in [5.74, 6) is -1.36. The topological polar surface area (TPSA) is 108 Å². The van der Waals surface area contributed by atoms with Crippen molar-refractivity contribution >= 4 is 35.0 Å². The van der Waals surface area contributed by atoms with Gasteiger partial charge >= 0.3 is 0 Å². The van der Waals surface area contributed by atoms with Gasteiger partial charge in [0.05, 0.1) is 5.54 Å². The second kappa shape index (κ2) is 7.64. The molecule has 0 saturated carbocycles. The summed E-state index contributed by atoms with van der Waals surface area (Å²) in [6.45, 7) is 4.19. The normalized spacial score (nSPS) is 20.5. The number of hydrogen-bond acceptors (Lipinski definition) is 6. The molecule has 2 unspecified atom stereocenters. The maximum atomic E-state index is 12.9. The van der Waals surface area contributed by atoms with E-state index in [9.17, 15) is 19.2 Å². The second-order valence-electron chi connectivity index (χ2n) is 7.75. The number of imide groups is 1. The first-order valence-corrected chi connectivity index (χ1v) is 10.7. The molecular weight excluding hydrogens is 404 g/mol. The summed E-state index contributed by atoms with van der Waals surface area (Å²) in [5, 5.41) is 8.01. The Hall–Kier alpha value is -3.07. The van der Waals surface area contributed by atoms with Gasteiger partial charge in [-0.1, -0.05) is 13.0 Å². The second-order valence-corrected chi connectivity index (χ2v) is 8.64. The van der Waals surface area contributed by atoms with Gasteiger partial charge < -0.3 is 10.2 Å². The molecule has 1 aromatic carbocycles. The van der Waals surface area contributed by atoms with E-state index in [0.717, 1.165) is 10.6 Å².